The Hall–Kier alpha value is -1.82. The Bertz CT molecular complexity index is 574. The molecule has 0 N–H and O–H groups in total. The van der Waals surface area contributed by atoms with Gasteiger partial charge >= 0.3 is 0 Å². The van der Waals surface area contributed by atoms with Crippen LogP contribution in [-0.4, -0.2) is 0 Å². The van der Waals surface area contributed by atoms with Crippen molar-refractivity contribution in [2.75, 3.05) is 0 Å². The van der Waals surface area contributed by atoms with Crippen LogP contribution >= 0.6 is 0 Å². The molecule has 2 aromatic rings. The van der Waals surface area contributed by atoms with Crippen LogP contribution in [0.4, 0.5) is 0 Å². The molecule has 0 atom stereocenters. The Morgan fingerprint density at radius 3 is 2.25 bits per heavy atom. The summed E-state index contributed by atoms with van der Waals surface area (Å²) in [5, 5.41) is 2.51. The van der Waals surface area contributed by atoms with Gasteiger partial charge in [-0.05, 0) is 47.9 Å². The molecule has 0 amide bonds. The highest BCUT2D eigenvalue weighted by atomic mass is 14.1. The summed E-state index contributed by atoms with van der Waals surface area (Å²) in [5.74, 6) is 0. The van der Waals surface area contributed by atoms with Gasteiger partial charge in [0.25, 0.3) is 0 Å². The highest BCUT2D eigenvalue weighted by molar-refractivity contribution is 5.95. The SMILES string of the molecule is C=C(C)c1cc(C(=C)C)c2ccccc2c1. The number of fused-ring (bicyclic) bond motifs is 1. The quantitative estimate of drug-likeness (QED) is 0.658. The first-order valence-electron chi connectivity index (χ1n) is 5.44. The Morgan fingerprint density at radius 1 is 0.938 bits per heavy atom. The smallest absolute Gasteiger partial charge is 0.0109 e. The lowest BCUT2D eigenvalue weighted by Gasteiger charge is -2.10. The molecule has 0 fully saturated rings. The largest absolute Gasteiger partial charge is 0.0955 e. The second-order valence-electron chi connectivity index (χ2n) is 4.31. The number of rotatable bonds is 2. The molecule has 0 aliphatic heterocycles. The highest BCUT2D eigenvalue weighted by Crippen LogP contribution is 2.28. The number of hydrogen-bond donors (Lipinski definition) is 0. The van der Waals surface area contributed by atoms with E-state index in [-0.39, 0.29) is 0 Å². The molecule has 2 rings (SSSR count). The van der Waals surface area contributed by atoms with Crippen LogP contribution in [0.3, 0.4) is 0 Å². The second-order valence-corrected chi connectivity index (χ2v) is 4.31. The molecule has 16 heavy (non-hydrogen) atoms. The molecule has 0 heteroatoms. The molecule has 0 bridgehead atoms. The van der Waals surface area contributed by atoms with Crippen molar-refractivity contribution in [3.05, 3.63) is 60.7 Å². The summed E-state index contributed by atoms with van der Waals surface area (Å²) in [6, 6.07) is 12.8. The van der Waals surface area contributed by atoms with Crippen molar-refractivity contribution in [2.45, 2.75) is 13.8 Å². The molecule has 0 unspecified atom stereocenters. The lowest BCUT2D eigenvalue weighted by atomic mass is 9.95. The van der Waals surface area contributed by atoms with Crippen molar-refractivity contribution in [3.63, 3.8) is 0 Å². The molecule has 2 aromatic carbocycles. The Labute approximate surface area is 96.9 Å². The van der Waals surface area contributed by atoms with E-state index < -0.39 is 0 Å². The summed E-state index contributed by atoms with van der Waals surface area (Å²) in [4.78, 5) is 0. The van der Waals surface area contributed by atoms with Crippen LogP contribution < -0.4 is 0 Å². The molecule has 80 valence electrons. The predicted octanol–water partition coefficient (Wildman–Crippen LogP) is 4.91. The van der Waals surface area contributed by atoms with Gasteiger partial charge in [0.1, 0.15) is 0 Å². The van der Waals surface area contributed by atoms with Gasteiger partial charge in [0.05, 0.1) is 0 Å². The van der Waals surface area contributed by atoms with Crippen LogP contribution in [0.1, 0.15) is 25.0 Å². The van der Waals surface area contributed by atoms with Crippen molar-refractivity contribution < 1.29 is 0 Å². The van der Waals surface area contributed by atoms with Crippen molar-refractivity contribution in [2.24, 2.45) is 0 Å². The standard InChI is InChI=1S/C16H16/c1-11(2)14-9-13-7-5-6-8-15(13)16(10-14)12(3)4/h5-10H,1,3H2,2,4H3. The summed E-state index contributed by atoms with van der Waals surface area (Å²) in [7, 11) is 0. The van der Waals surface area contributed by atoms with E-state index in [2.05, 4.69) is 49.6 Å². The first kappa shape index (κ1) is 10.7. The zero-order valence-corrected chi connectivity index (χ0v) is 9.88. The summed E-state index contributed by atoms with van der Waals surface area (Å²) < 4.78 is 0. The normalized spacial score (nSPS) is 10.4. The lowest BCUT2D eigenvalue weighted by molar-refractivity contribution is 1.56. The maximum Gasteiger partial charge on any atom is -0.0109 e. The van der Waals surface area contributed by atoms with Gasteiger partial charge in [-0.3, -0.25) is 0 Å². The van der Waals surface area contributed by atoms with E-state index in [9.17, 15) is 0 Å². The maximum absolute atomic E-state index is 4.05. The second kappa shape index (κ2) is 3.97. The zero-order chi connectivity index (χ0) is 11.7. The van der Waals surface area contributed by atoms with Gasteiger partial charge in [0, 0.05) is 0 Å². The van der Waals surface area contributed by atoms with Crippen LogP contribution in [0.2, 0.25) is 0 Å². The van der Waals surface area contributed by atoms with E-state index in [1.54, 1.807) is 0 Å². The fourth-order valence-corrected chi connectivity index (χ4v) is 1.91. The van der Waals surface area contributed by atoms with Crippen LogP contribution in [0.15, 0.2) is 49.6 Å². The minimum Gasteiger partial charge on any atom is -0.0955 e. The number of hydrogen-bond acceptors (Lipinski definition) is 0. The Kier molecular flexibility index (Phi) is 2.66. The van der Waals surface area contributed by atoms with E-state index >= 15 is 0 Å². The minimum atomic E-state index is 1.09. The fraction of sp³-hybridized carbons (Fsp3) is 0.125. The summed E-state index contributed by atoms with van der Waals surface area (Å²) in [6.07, 6.45) is 0. The number of allylic oxidation sites excluding steroid dienone is 2. The van der Waals surface area contributed by atoms with E-state index in [0.717, 1.165) is 11.1 Å². The molecule has 0 aliphatic rings. The first-order valence-corrected chi connectivity index (χ1v) is 5.44. The van der Waals surface area contributed by atoms with Gasteiger partial charge in [-0.15, -0.1) is 0 Å². The highest BCUT2D eigenvalue weighted by Gasteiger charge is 2.04. The molecular weight excluding hydrogens is 192 g/mol. The van der Waals surface area contributed by atoms with Crippen LogP contribution in [-0.2, 0) is 0 Å². The average molecular weight is 208 g/mol. The molecule has 0 nitrogen and oxygen atoms in total. The van der Waals surface area contributed by atoms with Crippen LogP contribution in [0.25, 0.3) is 21.9 Å². The van der Waals surface area contributed by atoms with E-state index in [1.807, 2.05) is 13.8 Å². The predicted molar refractivity (Wildman–Crippen MR) is 73.4 cm³/mol. The average Bonchev–Trinajstić information content (AvgIpc) is 2.27. The van der Waals surface area contributed by atoms with Crippen LogP contribution in [0.5, 0.6) is 0 Å². The summed E-state index contributed by atoms with van der Waals surface area (Å²) in [5.41, 5.74) is 4.60. The van der Waals surface area contributed by atoms with E-state index in [4.69, 9.17) is 0 Å². The molecule has 0 saturated carbocycles. The number of benzene rings is 2. The van der Waals surface area contributed by atoms with Gasteiger partial charge in [-0.25, -0.2) is 0 Å². The first-order chi connectivity index (χ1) is 7.59. The topological polar surface area (TPSA) is 0 Å². The molecule has 0 saturated heterocycles. The minimum absolute atomic E-state index is 1.09. The third-order valence-electron chi connectivity index (χ3n) is 2.81. The fourth-order valence-electron chi connectivity index (χ4n) is 1.91. The Balaban J connectivity index is 2.84. The lowest BCUT2D eigenvalue weighted by Crippen LogP contribution is -1.87. The summed E-state index contributed by atoms with van der Waals surface area (Å²) in [6.45, 7) is 12.1. The van der Waals surface area contributed by atoms with Crippen molar-refractivity contribution >= 4 is 21.9 Å². The van der Waals surface area contributed by atoms with Crippen molar-refractivity contribution in [3.8, 4) is 0 Å². The van der Waals surface area contributed by atoms with Crippen molar-refractivity contribution in [1.29, 1.82) is 0 Å². The molecule has 0 radical (unpaired) electrons. The molecule has 0 heterocycles. The zero-order valence-electron chi connectivity index (χ0n) is 9.88. The third kappa shape index (κ3) is 1.79. The molecular formula is C16H16. The van der Waals surface area contributed by atoms with E-state index in [0.29, 0.717) is 0 Å². The monoisotopic (exact) mass is 208 g/mol. The maximum atomic E-state index is 4.05. The van der Waals surface area contributed by atoms with Crippen molar-refractivity contribution in [1.82, 2.24) is 0 Å². The van der Waals surface area contributed by atoms with Gasteiger partial charge in [-0.2, -0.15) is 0 Å². The van der Waals surface area contributed by atoms with Gasteiger partial charge < -0.3 is 0 Å². The van der Waals surface area contributed by atoms with E-state index in [1.165, 1.54) is 21.9 Å². The molecule has 0 aliphatic carbocycles. The molecule has 0 spiro atoms. The molecule has 0 aromatic heterocycles. The van der Waals surface area contributed by atoms with Gasteiger partial charge in [0.2, 0.25) is 0 Å². The van der Waals surface area contributed by atoms with Gasteiger partial charge in [0.15, 0.2) is 0 Å². The third-order valence-corrected chi connectivity index (χ3v) is 2.81. The van der Waals surface area contributed by atoms with Gasteiger partial charge in [-0.1, -0.05) is 48.6 Å². The van der Waals surface area contributed by atoms with Crippen LogP contribution in [0, 0.1) is 0 Å². The summed E-state index contributed by atoms with van der Waals surface area (Å²) >= 11 is 0. The Morgan fingerprint density at radius 2 is 1.62 bits per heavy atom.